The molecule has 124 valence electrons. The highest BCUT2D eigenvalue weighted by Gasteiger charge is 2.16. The van der Waals surface area contributed by atoms with Crippen molar-refractivity contribution in [1.82, 2.24) is 19.5 Å². The van der Waals surface area contributed by atoms with E-state index < -0.39 is 0 Å². The largest absolute Gasteiger partial charge is 0.340 e. The monoisotopic (exact) mass is 349 g/mol. The fourth-order valence-corrected chi connectivity index (χ4v) is 3.71. The van der Waals surface area contributed by atoms with E-state index in [2.05, 4.69) is 32.0 Å². The van der Waals surface area contributed by atoms with E-state index in [0.717, 1.165) is 46.4 Å². The number of anilines is 2. The highest BCUT2D eigenvalue weighted by Crippen LogP contribution is 2.30. The molecule has 2 aromatic heterocycles. The van der Waals surface area contributed by atoms with Gasteiger partial charge in [0.25, 0.3) is 0 Å². The number of rotatable bonds is 2. The number of benzene rings is 2. The third-order valence-corrected chi connectivity index (χ3v) is 4.94. The maximum absolute atomic E-state index is 6.09. The van der Waals surface area contributed by atoms with Crippen LogP contribution in [-0.4, -0.2) is 19.5 Å². The summed E-state index contributed by atoms with van der Waals surface area (Å²) in [5.41, 5.74) is 3.97. The predicted octanol–water partition coefficient (Wildman–Crippen LogP) is 4.71. The van der Waals surface area contributed by atoms with Crippen LogP contribution in [-0.2, 0) is 13.0 Å². The lowest BCUT2D eigenvalue weighted by Gasteiger charge is -2.14. The second-order valence-corrected chi connectivity index (χ2v) is 6.79. The van der Waals surface area contributed by atoms with Gasteiger partial charge in [0.2, 0.25) is 0 Å². The fourth-order valence-electron chi connectivity index (χ4n) is 3.52. The van der Waals surface area contributed by atoms with Gasteiger partial charge >= 0.3 is 0 Å². The van der Waals surface area contributed by atoms with Gasteiger partial charge in [-0.25, -0.2) is 15.0 Å². The van der Waals surface area contributed by atoms with E-state index in [1.165, 1.54) is 18.7 Å². The molecular formula is C19H16ClN5. The van der Waals surface area contributed by atoms with Crippen LogP contribution in [0.3, 0.4) is 0 Å². The molecule has 0 radical (unpaired) electrons. The summed E-state index contributed by atoms with van der Waals surface area (Å²) in [5.74, 6) is 1.95. The molecule has 0 saturated heterocycles. The first kappa shape index (κ1) is 14.7. The third-order valence-electron chi connectivity index (χ3n) is 4.70. The van der Waals surface area contributed by atoms with E-state index in [1.807, 2.05) is 24.3 Å². The first-order valence-corrected chi connectivity index (χ1v) is 8.82. The number of halogens is 1. The van der Waals surface area contributed by atoms with Crippen LogP contribution in [0, 0.1) is 0 Å². The minimum Gasteiger partial charge on any atom is -0.340 e. The van der Waals surface area contributed by atoms with Crippen molar-refractivity contribution in [2.45, 2.75) is 25.8 Å². The van der Waals surface area contributed by atoms with Crippen LogP contribution < -0.4 is 5.32 Å². The summed E-state index contributed by atoms with van der Waals surface area (Å²) in [6.45, 7) is 1.03. The summed E-state index contributed by atoms with van der Waals surface area (Å²) >= 11 is 6.09. The van der Waals surface area contributed by atoms with Gasteiger partial charge in [-0.15, -0.1) is 0 Å². The van der Waals surface area contributed by atoms with Gasteiger partial charge in [-0.05, 0) is 43.2 Å². The van der Waals surface area contributed by atoms with Crippen LogP contribution in [0.1, 0.15) is 18.7 Å². The maximum atomic E-state index is 6.09. The molecule has 1 aliphatic heterocycles. The summed E-state index contributed by atoms with van der Waals surface area (Å²) < 4.78 is 2.33. The zero-order valence-corrected chi connectivity index (χ0v) is 14.3. The number of aryl methyl sites for hydroxylation is 2. The molecule has 4 aromatic rings. The molecule has 0 fully saturated rings. The lowest BCUT2D eigenvalue weighted by Crippen LogP contribution is -2.09. The molecule has 1 aliphatic rings. The number of nitrogens with one attached hydrogen (secondary N) is 1. The quantitative estimate of drug-likeness (QED) is 0.569. The topological polar surface area (TPSA) is 55.6 Å². The van der Waals surface area contributed by atoms with Gasteiger partial charge in [-0.3, -0.25) is 0 Å². The van der Waals surface area contributed by atoms with Crippen LogP contribution >= 0.6 is 11.6 Å². The number of fused-ring (bicyclic) bond motifs is 4. The molecule has 5 rings (SSSR count). The molecule has 0 unspecified atom stereocenters. The van der Waals surface area contributed by atoms with Crippen molar-refractivity contribution in [2.24, 2.45) is 0 Å². The molecule has 25 heavy (non-hydrogen) atoms. The van der Waals surface area contributed by atoms with E-state index in [-0.39, 0.29) is 0 Å². The van der Waals surface area contributed by atoms with Crippen molar-refractivity contribution < 1.29 is 0 Å². The van der Waals surface area contributed by atoms with Crippen LogP contribution in [0.15, 0.2) is 42.7 Å². The lowest BCUT2D eigenvalue weighted by atomic mass is 10.1. The van der Waals surface area contributed by atoms with Crippen molar-refractivity contribution in [2.75, 3.05) is 5.32 Å². The van der Waals surface area contributed by atoms with Crippen molar-refractivity contribution in [3.8, 4) is 0 Å². The maximum Gasteiger partial charge on any atom is 0.141 e. The predicted molar refractivity (Wildman–Crippen MR) is 101 cm³/mol. The number of hydrogen-bond acceptors (Lipinski definition) is 4. The Morgan fingerprint density at radius 3 is 2.92 bits per heavy atom. The van der Waals surface area contributed by atoms with E-state index >= 15 is 0 Å². The third kappa shape index (κ3) is 2.51. The Kier molecular flexibility index (Phi) is 3.35. The van der Waals surface area contributed by atoms with Crippen LogP contribution in [0.5, 0.6) is 0 Å². The molecule has 5 nitrogen and oxygen atoms in total. The molecule has 3 heterocycles. The molecule has 0 spiro atoms. The average Bonchev–Trinajstić information content (AvgIpc) is 2.98. The number of aromatic nitrogens is 4. The standard InChI is InChI=1S/C19H16ClN5/c20-12-4-3-5-13(8-12)23-19-14-9-17-16(10-15(14)21-11-22-19)24-18-6-1-2-7-25(17)18/h3-5,8-11H,1-2,6-7H2,(H,21,22,23). The van der Waals surface area contributed by atoms with Gasteiger partial charge < -0.3 is 9.88 Å². The van der Waals surface area contributed by atoms with Gasteiger partial charge in [0.05, 0.1) is 16.6 Å². The summed E-state index contributed by atoms with van der Waals surface area (Å²) in [6, 6.07) is 11.8. The molecule has 0 saturated carbocycles. The normalized spacial score (nSPS) is 14.0. The minimum atomic E-state index is 0.690. The Labute approximate surface area is 149 Å². The van der Waals surface area contributed by atoms with E-state index in [0.29, 0.717) is 5.02 Å². The van der Waals surface area contributed by atoms with Crippen LogP contribution in [0.25, 0.3) is 21.9 Å². The Morgan fingerprint density at radius 1 is 1.04 bits per heavy atom. The molecule has 0 bridgehead atoms. The first-order valence-electron chi connectivity index (χ1n) is 8.44. The van der Waals surface area contributed by atoms with Crippen LogP contribution in [0.2, 0.25) is 5.02 Å². The lowest BCUT2D eigenvalue weighted by molar-refractivity contribution is 0.533. The zero-order chi connectivity index (χ0) is 16.8. The molecule has 6 heteroatoms. The highest BCUT2D eigenvalue weighted by molar-refractivity contribution is 6.30. The van der Waals surface area contributed by atoms with E-state index in [1.54, 1.807) is 6.33 Å². The number of hydrogen-bond donors (Lipinski definition) is 1. The Hall–Kier alpha value is -2.66. The van der Waals surface area contributed by atoms with Crippen molar-refractivity contribution in [3.05, 3.63) is 53.6 Å². The second-order valence-electron chi connectivity index (χ2n) is 6.35. The summed E-state index contributed by atoms with van der Waals surface area (Å²) in [7, 11) is 0. The molecule has 0 aliphatic carbocycles. The van der Waals surface area contributed by atoms with E-state index in [4.69, 9.17) is 16.6 Å². The zero-order valence-electron chi connectivity index (χ0n) is 13.5. The Balaban J connectivity index is 1.68. The smallest absolute Gasteiger partial charge is 0.141 e. The molecule has 1 N–H and O–H groups in total. The molecule has 2 aromatic carbocycles. The fraction of sp³-hybridized carbons (Fsp3) is 0.211. The average molecular weight is 350 g/mol. The van der Waals surface area contributed by atoms with Crippen molar-refractivity contribution >= 4 is 45.0 Å². The van der Waals surface area contributed by atoms with Gasteiger partial charge in [-0.2, -0.15) is 0 Å². The molecular weight excluding hydrogens is 334 g/mol. The molecule has 0 amide bonds. The number of imidazole rings is 1. The highest BCUT2D eigenvalue weighted by atomic mass is 35.5. The Morgan fingerprint density at radius 2 is 2.00 bits per heavy atom. The summed E-state index contributed by atoms with van der Waals surface area (Å²) in [4.78, 5) is 13.7. The van der Waals surface area contributed by atoms with Gasteiger partial charge in [0.15, 0.2) is 0 Å². The SMILES string of the molecule is Clc1cccc(Nc2ncnc3cc4nc5n(c4cc23)CCCC5)c1. The van der Waals surface area contributed by atoms with Gasteiger partial charge in [0.1, 0.15) is 18.0 Å². The van der Waals surface area contributed by atoms with Gasteiger partial charge in [0, 0.05) is 29.1 Å². The first-order chi connectivity index (χ1) is 12.3. The second kappa shape index (κ2) is 5.70. The molecule has 0 atom stereocenters. The number of nitrogens with zero attached hydrogens (tertiary/aromatic N) is 4. The summed E-state index contributed by atoms with van der Waals surface area (Å²) in [6.07, 6.45) is 5.04. The van der Waals surface area contributed by atoms with Crippen LogP contribution in [0.4, 0.5) is 11.5 Å². The van der Waals surface area contributed by atoms with E-state index in [9.17, 15) is 0 Å². The van der Waals surface area contributed by atoms with Crippen molar-refractivity contribution in [3.63, 3.8) is 0 Å². The van der Waals surface area contributed by atoms with Gasteiger partial charge in [-0.1, -0.05) is 17.7 Å². The minimum absolute atomic E-state index is 0.690. The van der Waals surface area contributed by atoms with Crippen molar-refractivity contribution in [1.29, 1.82) is 0 Å². The summed E-state index contributed by atoms with van der Waals surface area (Å²) in [5, 5.41) is 5.04. The Bertz CT molecular complexity index is 1100.